The predicted molar refractivity (Wildman–Crippen MR) is 50.6 cm³/mol. The molecule has 2 rings (SSSR count). The first-order chi connectivity index (χ1) is 6.51. The maximum absolute atomic E-state index is 13.3. The van der Waals surface area contributed by atoms with Gasteiger partial charge in [-0.3, -0.25) is 4.79 Å². The average Bonchev–Trinajstić information content (AvgIpc) is 2.13. The Hall–Kier alpha value is -1.10. The second-order valence-corrected chi connectivity index (χ2v) is 3.78. The van der Waals surface area contributed by atoms with E-state index in [0.717, 1.165) is 6.21 Å². The third-order valence-electron chi connectivity index (χ3n) is 1.94. The highest BCUT2D eigenvalue weighted by Crippen LogP contribution is 2.35. The smallest absolute Gasteiger partial charge is 0.265 e. The van der Waals surface area contributed by atoms with Crippen molar-refractivity contribution in [3.63, 3.8) is 0 Å². The molecule has 1 aliphatic rings. The Labute approximate surface area is 86.8 Å². The highest BCUT2D eigenvalue weighted by molar-refractivity contribution is 9.10. The van der Waals surface area contributed by atoms with Crippen LogP contribution < -0.4 is 0 Å². The van der Waals surface area contributed by atoms with Gasteiger partial charge in [0.2, 0.25) is 0 Å². The van der Waals surface area contributed by atoms with Gasteiger partial charge in [-0.1, -0.05) is 22.0 Å². The first-order valence-corrected chi connectivity index (χ1v) is 4.57. The Morgan fingerprint density at radius 3 is 2.79 bits per heavy atom. The molecule has 1 aromatic rings. The lowest BCUT2D eigenvalue weighted by Gasteiger charge is -2.18. The number of aliphatic imine (C=N–C) groups is 1. The molecule has 5 heteroatoms. The number of alkyl halides is 2. The molecular weight excluding hydrogens is 256 g/mol. The number of fused-ring (bicyclic) bond motifs is 1. The number of rotatable bonds is 0. The topological polar surface area (TPSA) is 29.4 Å². The predicted octanol–water partition coefficient (Wildman–Crippen LogP) is 2.50. The Bertz CT molecular complexity index is 442. The second kappa shape index (κ2) is 2.95. The summed E-state index contributed by atoms with van der Waals surface area (Å²) in [5.74, 6) is -4.92. The molecule has 0 saturated heterocycles. The quantitative estimate of drug-likeness (QED) is 0.704. The first kappa shape index (κ1) is 9.45. The van der Waals surface area contributed by atoms with Crippen LogP contribution in [-0.4, -0.2) is 12.1 Å². The van der Waals surface area contributed by atoms with Crippen molar-refractivity contribution in [2.75, 3.05) is 0 Å². The number of amides is 1. The van der Waals surface area contributed by atoms with E-state index in [4.69, 9.17) is 0 Å². The summed E-state index contributed by atoms with van der Waals surface area (Å²) in [6.45, 7) is 0. The summed E-state index contributed by atoms with van der Waals surface area (Å²) in [6, 6.07) is 4.35. The summed E-state index contributed by atoms with van der Waals surface area (Å²) in [5, 5.41) is 0. The Balaban J connectivity index is 2.69. The molecule has 14 heavy (non-hydrogen) atoms. The van der Waals surface area contributed by atoms with Gasteiger partial charge in [0.05, 0.1) is 0 Å². The molecule has 1 heterocycles. The molecule has 0 radical (unpaired) electrons. The van der Waals surface area contributed by atoms with Crippen LogP contribution in [0.1, 0.15) is 11.1 Å². The highest BCUT2D eigenvalue weighted by atomic mass is 79.9. The van der Waals surface area contributed by atoms with Crippen LogP contribution in [0.5, 0.6) is 0 Å². The first-order valence-electron chi connectivity index (χ1n) is 3.78. The monoisotopic (exact) mass is 259 g/mol. The normalized spacial score (nSPS) is 18.1. The molecule has 0 fully saturated rings. The maximum Gasteiger partial charge on any atom is 0.352 e. The third-order valence-corrected chi connectivity index (χ3v) is 2.44. The van der Waals surface area contributed by atoms with Crippen LogP contribution in [0.4, 0.5) is 8.78 Å². The van der Waals surface area contributed by atoms with Gasteiger partial charge in [0.15, 0.2) is 0 Å². The van der Waals surface area contributed by atoms with Crippen LogP contribution in [0.3, 0.4) is 0 Å². The van der Waals surface area contributed by atoms with Crippen molar-refractivity contribution in [1.29, 1.82) is 0 Å². The minimum absolute atomic E-state index is 0.276. The number of benzene rings is 1. The van der Waals surface area contributed by atoms with Gasteiger partial charge in [-0.2, -0.15) is 8.78 Å². The van der Waals surface area contributed by atoms with Crippen LogP contribution in [0.25, 0.3) is 0 Å². The molecule has 0 bridgehead atoms. The van der Waals surface area contributed by atoms with Crippen LogP contribution in [0, 0.1) is 0 Å². The zero-order chi connectivity index (χ0) is 10.3. The summed E-state index contributed by atoms with van der Waals surface area (Å²) in [4.78, 5) is 14.0. The van der Waals surface area contributed by atoms with Gasteiger partial charge in [0, 0.05) is 21.8 Å². The van der Waals surface area contributed by atoms with Gasteiger partial charge in [0.1, 0.15) is 0 Å². The standard InChI is InChI=1S/C9H4BrF2NO/c10-6-2-1-5-4-13-8(14)9(11,12)7(5)3-6/h1-4H. The summed E-state index contributed by atoms with van der Waals surface area (Å²) in [5.41, 5.74) is -0.0234. The molecule has 0 N–H and O–H groups in total. The van der Waals surface area contributed by atoms with Crippen LogP contribution in [0.15, 0.2) is 27.7 Å². The van der Waals surface area contributed by atoms with Crippen molar-refractivity contribution in [2.45, 2.75) is 5.92 Å². The third kappa shape index (κ3) is 1.28. The van der Waals surface area contributed by atoms with E-state index in [-0.39, 0.29) is 11.1 Å². The molecule has 72 valence electrons. The second-order valence-electron chi connectivity index (χ2n) is 2.87. The van der Waals surface area contributed by atoms with Crippen molar-refractivity contribution >= 4 is 28.1 Å². The zero-order valence-corrected chi connectivity index (χ0v) is 8.38. The minimum Gasteiger partial charge on any atom is -0.265 e. The number of carbonyl (C=O) groups is 1. The van der Waals surface area contributed by atoms with E-state index in [2.05, 4.69) is 20.9 Å². The van der Waals surface area contributed by atoms with Crippen molar-refractivity contribution < 1.29 is 13.6 Å². The molecule has 0 unspecified atom stereocenters. The zero-order valence-electron chi connectivity index (χ0n) is 6.80. The SMILES string of the molecule is O=C1N=Cc2ccc(Br)cc2C1(F)F. The number of carbonyl (C=O) groups excluding carboxylic acids is 1. The van der Waals surface area contributed by atoms with Crippen molar-refractivity contribution in [3.05, 3.63) is 33.8 Å². The maximum atomic E-state index is 13.3. The number of nitrogens with zero attached hydrogens (tertiary/aromatic N) is 1. The lowest BCUT2D eigenvalue weighted by molar-refractivity contribution is -0.143. The fraction of sp³-hybridized carbons (Fsp3) is 0.111. The van der Waals surface area contributed by atoms with E-state index in [1.165, 1.54) is 12.1 Å². The molecule has 2 nitrogen and oxygen atoms in total. The van der Waals surface area contributed by atoms with Crippen molar-refractivity contribution in [1.82, 2.24) is 0 Å². The Morgan fingerprint density at radius 2 is 2.07 bits per heavy atom. The molecule has 0 aromatic heterocycles. The lowest BCUT2D eigenvalue weighted by Crippen LogP contribution is -2.29. The molecule has 1 aromatic carbocycles. The van der Waals surface area contributed by atoms with Crippen LogP contribution in [-0.2, 0) is 10.7 Å². The summed E-state index contributed by atoms with van der Waals surface area (Å²) in [6.07, 6.45) is 1.15. The molecule has 0 spiro atoms. The van der Waals surface area contributed by atoms with E-state index in [9.17, 15) is 13.6 Å². The van der Waals surface area contributed by atoms with Crippen LogP contribution in [0.2, 0.25) is 0 Å². The van der Waals surface area contributed by atoms with Gasteiger partial charge in [-0.25, -0.2) is 4.99 Å². The van der Waals surface area contributed by atoms with E-state index in [1.54, 1.807) is 6.07 Å². The number of hydrogen-bond donors (Lipinski definition) is 0. The fourth-order valence-electron chi connectivity index (χ4n) is 1.24. The Kier molecular flexibility index (Phi) is 1.99. The summed E-state index contributed by atoms with van der Waals surface area (Å²) >= 11 is 3.07. The number of halogens is 3. The lowest BCUT2D eigenvalue weighted by atomic mass is 9.99. The minimum atomic E-state index is -3.51. The van der Waals surface area contributed by atoms with Crippen LogP contribution >= 0.6 is 15.9 Å². The average molecular weight is 260 g/mol. The van der Waals surface area contributed by atoms with Crippen molar-refractivity contribution in [3.8, 4) is 0 Å². The van der Waals surface area contributed by atoms with Crippen molar-refractivity contribution in [2.24, 2.45) is 4.99 Å². The Morgan fingerprint density at radius 1 is 1.36 bits per heavy atom. The molecular formula is C9H4BrF2NO. The van der Waals surface area contributed by atoms with E-state index >= 15 is 0 Å². The molecule has 0 saturated carbocycles. The molecule has 1 aliphatic heterocycles. The highest BCUT2D eigenvalue weighted by Gasteiger charge is 2.44. The molecule has 1 amide bonds. The fourth-order valence-corrected chi connectivity index (χ4v) is 1.60. The van der Waals surface area contributed by atoms with Gasteiger partial charge < -0.3 is 0 Å². The van der Waals surface area contributed by atoms with E-state index in [0.29, 0.717) is 4.47 Å². The van der Waals surface area contributed by atoms with Gasteiger partial charge in [-0.05, 0) is 12.1 Å². The van der Waals surface area contributed by atoms with Gasteiger partial charge in [-0.15, -0.1) is 0 Å². The van der Waals surface area contributed by atoms with Gasteiger partial charge in [0.25, 0.3) is 0 Å². The summed E-state index contributed by atoms with van der Waals surface area (Å²) < 4.78 is 27.1. The van der Waals surface area contributed by atoms with Gasteiger partial charge >= 0.3 is 11.8 Å². The molecule has 0 atom stereocenters. The number of hydrogen-bond acceptors (Lipinski definition) is 1. The summed E-state index contributed by atoms with van der Waals surface area (Å²) in [7, 11) is 0. The van der Waals surface area contributed by atoms with E-state index < -0.39 is 11.8 Å². The largest absolute Gasteiger partial charge is 0.352 e. The van der Waals surface area contributed by atoms with E-state index in [1.807, 2.05) is 0 Å². The molecule has 0 aliphatic carbocycles.